The first-order chi connectivity index (χ1) is 26.5. The average molecular weight is 817 g/mol. The van der Waals surface area contributed by atoms with E-state index in [1.54, 1.807) is 19.8 Å². The van der Waals surface area contributed by atoms with Crippen LogP contribution in [0.5, 0.6) is 11.5 Å². The van der Waals surface area contributed by atoms with Crippen LogP contribution in [-0.4, -0.2) is 48.2 Å². The van der Waals surface area contributed by atoms with Crippen molar-refractivity contribution in [1.29, 1.82) is 0 Å². The summed E-state index contributed by atoms with van der Waals surface area (Å²) in [6, 6.07) is 13.2. The summed E-state index contributed by atoms with van der Waals surface area (Å²) in [4.78, 5) is 0. The molecular formula is C50H80O5Si2. The van der Waals surface area contributed by atoms with E-state index in [-0.39, 0.29) is 16.6 Å². The van der Waals surface area contributed by atoms with Crippen molar-refractivity contribution in [3.8, 4) is 11.5 Å². The molecule has 0 aromatic heterocycles. The largest absolute Gasteiger partial charge is 0.497 e. The van der Waals surface area contributed by atoms with Crippen LogP contribution in [0.3, 0.4) is 0 Å². The highest BCUT2D eigenvalue weighted by molar-refractivity contribution is 6.74. The summed E-state index contributed by atoms with van der Waals surface area (Å²) in [5, 5.41) is 11.5. The normalized spacial score (nSPS) is 36.0. The Hall–Kier alpha value is -1.65. The highest BCUT2D eigenvalue weighted by atomic mass is 28.4. The molecule has 0 heterocycles. The molecular weight excluding hydrogens is 737 g/mol. The van der Waals surface area contributed by atoms with Gasteiger partial charge in [-0.1, -0.05) is 67.5 Å². The molecule has 8 rings (SSSR count). The zero-order chi connectivity index (χ0) is 41.5. The minimum Gasteiger partial charge on any atom is -0.497 e. The van der Waals surface area contributed by atoms with Gasteiger partial charge in [-0.05, 0) is 200 Å². The number of aliphatic hydroxyl groups is 1. The molecule has 2 aromatic carbocycles. The van der Waals surface area contributed by atoms with Crippen LogP contribution in [0.25, 0.3) is 0 Å². The number of fused-ring (bicyclic) bond motifs is 10. The second kappa shape index (κ2) is 15.4. The Morgan fingerprint density at radius 3 is 1.58 bits per heavy atom. The molecule has 0 amide bonds. The van der Waals surface area contributed by atoms with Gasteiger partial charge < -0.3 is 23.4 Å². The van der Waals surface area contributed by atoms with Crippen molar-refractivity contribution in [2.24, 2.45) is 34.5 Å². The van der Waals surface area contributed by atoms with E-state index in [2.05, 4.69) is 118 Å². The first-order valence-corrected chi connectivity index (χ1v) is 28.7. The molecule has 6 aliphatic rings. The minimum atomic E-state index is -1.78. The van der Waals surface area contributed by atoms with Gasteiger partial charge >= 0.3 is 0 Å². The van der Waals surface area contributed by atoms with Crippen LogP contribution in [0.1, 0.15) is 160 Å². The molecule has 0 spiro atoms. The van der Waals surface area contributed by atoms with Gasteiger partial charge in [0.2, 0.25) is 0 Å². The van der Waals surface area contributed by atoms with Crippen molar-refractivity contribution in [3.05, 3.63) is 58.7 Å². The van der Waals surface area contributed by atoms with Crippen LogP contribution >= 0.6 is 0 Å². The Balaban J connectivity index is 0.000000174. The molecule has 0 radical (unpaired) electrons. The number of hydrogen-bond donors (Lipinski definition) is 1. The topological polar surface area (TPSA) is 57.2 Å². The first-order valence-electron chi connectivity index (χ1n) is 22.9. The van der Waals surface area contributed by atoms with Gasteiger partial charge in [-0.15, -0.1) is 0 Å². The summed E-state index contributed by atoms with van der Waals surface area (Å²) < 4.78 is 24.9. The number of hydrogen-bond acceptors (Lipinski definition) is 5. The van der Waals surface area contributed by atoms with Gasteiger partial charge in [0.1, 0.15) is 11.5 Å². The minimum absolute atomic E-state index is 0.248. The number of rotatable bonds is 6. The summed E-state index contributed by atoms with van der Waals surface area (Å²) in [6.45, 7) is 28.9. The molecule has 57 heavy (non-hydrogen) atoms. The molecule has 7 unspecified atom stereocenters. The Morgan fingerprint density at radius 2 is 1.07 bits per heavy atom. The number of ether oxygens (including phenoxy) is 2. The zero-order valence-electron chi connectivity index (χ0n) is 38.5. The smallest absolute Gasteiger partial charge is 0.192 e. The fraction of sp³-hybridized carbons (Fsp3) is 0.760. The Bertz CT molecular complexity index is 1760. The molecule has 4 saturated carbocycles. The van der Waals surface area contributed by atoms with E-state index in [1.807, 2.05) is 0 Å². The number of aryl methyl sites for hydroxylation is 1. The predicted molar refractivity (Wildman–Crippen MR) is 241 cm³/mol. The van der Waals surface area contributed by atoms with E-state index < -0.39 is 16.6 Å². The molecule has 6 aliphatic carbocycles. The van der Waals surface area contributed by atoms with E-state index in [4.69, 9.17) is 18.3 Å². The third-order valence-corrected chi connectivity index (χ3v) is 27.2. The van der Waals surface area contributed by atoms with Crippen LogP contribution in [0, 0.1) is 34.5 Å². The lowest BCUT2D eigenvalue weighted by Crippen LogP contribution is -2.50. The second-order valence-corrected chi connectivity index (χ2v) is 32.6. The van der Waals surface area contributed by atoms with Crippen molar-refractivity contribution in [3.63, 3.8) is 0 Å². The maximum Gasteiger partial charge on any atom is 0.192 e. The van der Waals surface area contributed by atoms with E-state index in [1.165, 1.54) is 75.3 Å². The lowest BCUT2D eigenvalue weighted by Gasteiger charge is -2.53. The highest BCUT2D eigenvalue weighted by Crippen LogP contribution is 2.65. The average Bonchev–Trinajstić information content (AvgIpc) is 3.65. The fourth-order valence-electron chi connectivity index (χ4n) is 12.7. The van der Waals surface area contributed by atoms with Crippen LogP contribution < -0.4 is 9.47 Å². The molecule has 0 aliphatic heterocycles. The third kappa shape index (κ3) is 7.67. The van der Waals surface area contributed by atoms with E-state index in [9.17, 15) is 5.11 Å². The summed E-state index contributed by atoms with van der Waals surface area (Å²) in [5.74, 6) is 6.08. The summed E-state index contributed by atoms with van der Waals surface area (Å²) in [5.41, 5.74) is 6.25. The van der Waals surface area contributed by atoms with Crippen molar-refractivity contribution in [2.75, 3.05) is 14.2 Å². The molecule has 2 aromatic rings. The SMILES string of the molecule is COc1ccc2c(c1)C(O)CC1C2CC[C@@]2(C)C1CC[C@@H]2O[Si](C)(C)C(C)(C)C.COc1ccc2c(c1)CCC1C2CC[C@@]2(C)C1CC[C@@H]2O[Si](C)(C)C(C)(C)C. The predicted octanol–water partition coefficient (Wildman–Crippen LogP) is 13.4. The van der Waals surface area contributed by atoms with E-state index >= 15 is 0 Å². The second-order valence-electron chi connectivity index (χ2n) is 23.1. The van der Waals surface area contributed by atoms with Crippen molar-refractivity contribution in [1.82, 2.24) is 0 Å². The van der Waals surface area contributed by atoms with Gasteiger partial charge in [0.05, 0.1) is 32.5 Å². The molecule has 7 heteroatoms. The Kier molecular flexibility index (Phi) is 11.7. The Labute approximate surface area is 350 Å². The summed E-state index contributed by atoms with van der Waals surface area (Å²) in [7, 11) is -0.0213. The highest BCUT2D eigenvalue weighted by Gasteiger charge is 2.59. The quantitative estimate of drug-likeness (QED) is 0.294. The first kappa shape index (κ1) is 43.4. The summed E-state index contributed by atoms with van der Waals surface area (Å²) in [6.07, 6.45) is 14.1. The van der Waals surface area contributed by atoms with Gasteiger partial charge in [-0.25, -0.2) is 0 Å². The lowest BCUT2D eigenvalue weighted by molar-refractivity contribution is -0.0322. The van der Waals surface area contributed by atoms with Crippen molar-refractivity contribution in [2.45, 2.75) is 192 Å². The molecule has 5 nitrogen and oxygen atoms in total. The Morgan fingerprint density at radius 1 is 0.596 bits per heavy atom. The molecule has 1 N–H and O–H groups in total. The number of benzene rings is 2. The lowest BCUT2D eigenvalue weighted by atomic mass is 9.55. The van der Waals surface area contributed by atoms with Crippen LogP contribution in [-0.2, 0) is 15.3 Å². The standard InChI is InChI=1S/C25H40O3Si.C25H40O2Si/c1-24(2,3)29(6,7)28-23-11-10-21-19-15-22(26)20-14-16(27-5)8-9-17(20)18(19)12-13-25(21,23)4;1-24(2,3)28(6,7)27-23-13-12-22-21-10-8-17-16-18(26-5)9-11-19(17)20(21)14-15-25(22,23)4/h8-9,14,18-19,21-23,26H,10-13,15H2,1-7H3;9,11,16,20-23H,8,10,12-15H2,1-7H3/t18?,19?,21?,22?,23-,25-;20?,21?,22?,23-,25-/m00/s1. The molecule has 11 atom stereocenters. The van der Waals surface area contributed by atoms with E-state index in [0.717, 1.165) is 41.2 Å². The number of methoxy groups -OCH3 is 2. The van der Waals surface area contributed by atoms with Crippen LogP contribution in [0.4, 0.5) is 0 Å². The molecule has 0 bridgehead atoms. The fourth-order valence-corrected chi connectivity index (χ4v) is 15.6. The van der Waals surface area contributed by atoms with E-state index in [0.29, 0.717) is 40.4 Å². The van der Waals surface area contributed by atoms with Crippen LogP contribution in [0.2, 0.25) is 36.3 Å². The van der Waals surface area contributed by atoms with Gasteiger partial charge in [0.25, 0.3) is 0 Å². The monoisotopic (exact) mass is 817 g/mol. The van der Waals surface area contributed by atoms with Crippen LogP contribution in [0.15, 0.2) is 36.4 Å². The van der Waals surface area contributed by atoms with Gasteiger partial charge in [0, 0.05) is 0 Å². The van der Waals surface area contributed by atoms with Crippen molar-refractivity contribution >= 4 is 16.6 Å². The zero-order valence-corrected chi connectivity index (χ0v) is 40.5. The molecule has 318 valence electrons. The van der Waals surface area contributed by atoms with Gasteiger partial charge in [0.15, 0.2) is 16.6 Å². The summed E-state index contributed by atoms with van der Waals surface area (Å²) >= 11 is 0. The third-order valence-electron chi connectivity index (χ3n) is 18.2. The molecule has 4 fully saturated rings. The molecule has 0 saturated heterocycles. The maximum atomic E-state index is 11.0. The van der Waals surface area contributed by atoms with Gasteiger partial charge in [-0.2, -0.15) is 0 Å². The number of aliphatic hydroxyl groups excluding tert-OH is 1. The van der Waals surface area contributed by atoms with Crippen molar-refractivity contribution < 1.29 is 23.4 Å². The maximum absolute atomic E-state index is 11.0. The van der Waals surface area contributed by atoms with Gasteiger partial charge in [-0.3, -0.25) is 0 Å².